The predicted octanol–water partition coefficient (Wildman–Crippen LogP) is 9.62. The zero-order chi connectivity index (χ0) is 52.0. The molecule has 0 radical (unpaired) electrons. The molecule has 14 heteroatoms. The number of rotatable bonds is 17. The normalized spacial score (nSPS) is 13.5. The van der Waals surface area contributed by atoms with Crippen molar-refractivity contribution in [2.75, 3.05) is 64.6 Å². The highest BCUT2D eigenvalue weighted by Crippen LogP contribution is 2.40. The minimum absolute atomic E-state index is 0.00112. The van der Waals surface area contributed by atoms with Gasteiger partial charge in [-0.3, -0.25) is 14.4 Å². The molecule has 0 bridgehead atoms. The molecule has 1 aliphatic heterocycles. The van der Waals surface area contributed by atoms with Gasteiger partial charge < -0.3 is 39.1 Å². The molecule has 0 spiro atoms. The number of hydrogen-bond acceptors (Lipinski definition) is 10. The SMILES string of the molecule is COc1c(C(=O)c2cccc3c2cc(CO[Si](c2ccccc2)(c2ccccc2)C(C)(C)C)n3C(=O)OC(C)(C)C)ccc(C(=O)N(C)c2ccc(C)cc2OCCCCCC(=O)N2CCN(C)CC2)c1N. The summed E-state index contributed by atoms with van der Waals surface area (Å²) < 4.78 is 26.9. The summed E-state index contributed by atoms with van der Waals surface area (Å²) in [6, 6.07) is 36.3. The van der Waals surface area contributed by atoms with Gasteiger partial charge in [-0.15, -0.1) is 0 Å². The third-order valence-corrected chi connectivity index (χ3v) is 18.4. The molecule has 2 heterocycles. The van der Waals surface area contributed by atoms with Gasteiger partial charge in [-0.2, -0.15) is 0 Å². The highest BCUT2D eigenvalue weighted by atomic mass is 28.4. The number of benzene rings is 5. The number of nitrogens with zero attached hydrogens (tertiary/aromatic N) is 4. The molecule has 0 aliphatic carbocycles. The van der Waals surface area contributed by atoms with Crippen molar-refractivity contribution >= 4 is 64.7 Å². The second kappa shape index (κ2) is 22.4. The molecular formula is C58H71N5O8Si. The van der Waals surface area contributed by atoms with Crippen LogP contribution >= 0.6 is 0 Å². The summed E-state index contributed by atoms with van der Waals surface area (Å²) in [6.07, 6.45) is 2.27. The fraction of sp³-hybridized carbons (Fsp3) is 0.379. The van der Waals surface area contributed by atoms with Crippen LogP contribution in [-0.2, 0) is 20.6 Å². The van der Waals surface area contributed by atoms with Gasteiger partial charge in [0.2, 0.25) is 5.91 Å². The summed E-state index contributed by atoms with van der Waals surface area (Å²) in [4.78, 5) is 61.9. The Labute approximate surface area is 425 Å². The summed E-state index contributed by atoms with van der Waals surface area (Å²) in [5, 5.41) is 2.32. The van der Waals surface area contributed by atoms with Gasteiger partial charge in [0.25, 0.3) is 14.2 Å². The molecule has 72 heavy (non-hydrogen) atoms. The van der Waals surface area contributed by atoms with Crippen molar-refractivity contribution < 1.29 is 37.8 Å². The van der Waals surface area contributed by atoms with E-state index in [1.54, 1.807) is 31.3 Å². The molecule has 1 aliphatic rings. The van der Waals surface area contributed by atoms with E-state index in [2.05, 4.69) is 57.0 Å². The molecule has 7 rings (SSSR count). The molecular weight excluding hydrogens is 923 g/mol. The van der Waals surface area contributed by atoms with Crippen molar-refractivity contribution in [3.8, 4) is 11.5 Å². The van der Waals surface area contributed by atoms with Crippen molar-refractivity contribution in [2.45, 2.75) is 91.4 Å². The van der Waals surface area contributed by atoms with E-state index in [-0.39, 0.29) is 40.1 Å². The van der Waals surface area contributed by atoms with E-state index in [9.17, 15) is 19.2 Å². The Balaban J connectivity index is 1.15. The minimum Gasteiger partial charge on any atom is -0.494 e. The first-order valence-electron chi connectivity index (χ1n) is 24.9. The highest BCUT2D eigenvalue weighted by molar-refractivity contribution is 6.99. The Bertz CT molecular complexity index is 2860. The number of hydrogen-bond donors (Lipinski definition) is 1. The third-order valence-electron chi connectivity index (χ3n) is 13.4. The second-order valence-corrected chi connectivity index (χ2v) is 25.1. The summed E-state index contributed by atoms with van der Waals surface area (Å²) >= 11 is 0. The third kappa shape index (κ3) is 11.5. The first kappa shape index (κ1) is 53.1. The number of carbonyl (C=O) groups excluding carboxylic acids is 4. The average Bonchev–Trinajstić information content (AvgIpc) is 3.73. The Morgan fingerprint density at radius 2 is 1.38 bits per heavy atom. The van der Waals surface area contributed by atoms with Gasteiger partial charge >= 0.3 is 6.09 Å². The number of nitrogens with two attached hydrogens (primary N) is 1. The largest absolute Gasteiger partial charge is 0.494 e. The lowest BCUT2D eigenvalue weighted by atomic mass is 9.96. The Morgan fingerprint density at radius 1 is 0.736 bits per heavy atom. The summed E-state index contributed by atoms with van der Waals surface area (Å²) in [5.74, 6) is -0.0594. The number of aromatic nitrogens is 1. The first-order chi connectivity index (χ1) is 34.3. The van der Waals surface area contributed by atoms with Crippen LogP contribution in [0.5, 0.6) is 11.5 Å². The van der Waals surface area contributed by atoms with E-state index in [0.29, 0.717) is 46.6 Å². The second-order valence-electron chi connectivity index (χ2n) is 20.8. The zero-order valence-corrected chi connectivity index (χ0v) is 44.7. The number of aryl methyl sites for hydroxylation is 1. The Morgan fingerprint density at radius 3 is 1.99 bits per heavy atom. The molecule has 0 saturated carbocycles. The van der Waals surface area contributed by atoms with Crippen molar-refractivity contribution in [3.05, 3.63) is 143 Å². The predicted molar refractivity (Wildman–Crippen MR) is 289 cm³/mol. The van der Waals surface area contributed by atoms with Gasteiger partial charge in [-0.1, -0.05) is 99.6 Å². The quantitative estimate of drug-likeness (QED) is 0.0406. The fourth-order valence-corrected chi connectivity index (χ4v) is 14.2. The number of ketones is 1. The van der Waals surface area contributed by atoms with E-state index in [4.69, 9.17) is 24.4 Å². The maximum Gasteiger partial charge on any atom is 0.419 e. The lowest BCUT2D eigenvalue weighted by molar-refractivity contribution is -0.132. The molecule has 5 aromatic carbocycles. The molecule has 0 atom stereocenters. The van der Waals surface area contributed by atoms with Crippen LogP contribution in [0.2, 0.25) is 5.04 Å². The standard InChI is InChI=1S/C58H71N5O8Si/c1-40-28-31-49(50(37-40)69-36-19-13-18-27-51(64)62-34-32-60(8)33-35-62)61(9)55(66)45-29-30-46(54(68-10)52(45)59)53(65)44-25-20-26-48-47(44)38-41(63(48)56(67)71-57(2,3)4)39-70-72(58(5,6)7,42-21-14-11-15-22-42)43-23-16-12-17-24-43/h11-12,14-17,20-26,28-31,37-38H,13,18-19,27,32-36,39,59H2,1-10H3. The maximum absolute atomic E-state index is 14.9. The Hall–Kier alpha value is -6.74. The lowest BCUT2D eigenvalue weighted by Gasteiger charge is -2.43. The number of carbonyl (C=O) groups is 4. The van der Waals surface area contributed by atoms with Crippen LogP contribution in [-0.4, -0.2) is 106 Å². The summed E-state index contributed by atoms with van der Waals surface area (Å²) in [5.41, 5.74) is 9.01. The van der Waals surface area contributed by atoms with Crippen LogP contribution in [0.3, 0.4) is 0 Å². The topological polar surface area (TPSA) is 146 Å². The first-order valence-corrected chi connectivity index (χ1v) is 26.8. The maximum atomic E-state index is 14.9. The van der Waals surface area contributed by atoms with Gasteiger partial charge in [0, 0.05) is 50.6 Å². The fourth-order valence-electron chi connectivity index (χ4n) is 9.64. The number of nitrogen functional groups attached to an aromatic ring is 1. The summed E-state index contributed by atoms with van der Waals surface area (Å²) in [6.45, 7) is 17.8. The molecule has 380 valence electrons. The molecule has 1 aromatic heterocycles. The van der Waals surface area contributed by atoms with Gasteiger partial charge in [0.1, 0.15) is 11.4 Å². The van der Waals surface area contributed by atoms with E-state index < -0.39 is 31.7 Å². The van der Waals surface area contributed by atoms with E-state index in [1.807, 2.05) is 93.3 Å². The van der Waals surface area contributed by atoms with Crippen molar-refractivity contribution in [3.63, 3.8) is 0 Å². The van der Waals surface area contributed by atoms with Gasteiger partial charge in [0.15, 0.2) is 11.5 Å². The van der Waals surface area contributed by atoms with Crippen LogP contribution < -0.4 is 30.5 Å². The van der Waals surface area contributed by atoms with Gasteiger partial charge in [-0.25, -0.2) is 9.36 Å². The molecule has 1 fully saturated rings. The number of unbranched alkanes of at least 4 members (excludes halogenated alkanes) is 2. The minimum atomic E-state index is -3.08. The molecule has 13 nitrogen and oxygen atoms in total. The van der Waals surface area contributed by atoms with Crippen molar-refractivity contribution in [2.24, 2.45) is 0 Å². The molecule has 6 aromatic rings. The molecule has 2 N–H and O–H groups in total. The van der Waals surface area contributed by atoms with Crippen LogP contribution in [0, 0.1) is 6.92 Å². The van der Waals surface area contributed by atoms with E-state index in [0.717, 1.165) is 61.4 Å². The average molecular weight is 994 g/mol. The number of piperazine rings is 1. The monoisotopic (exact) mass is 994 g/mol. The molecule has 1 saturated heterocycles. The van der Waals surface area contributed by atoms with Crippen LogP contribution in [0.4, 0.5) is 16.2 Å². The zero-order valence-electron chi connectivity index (χ0n) is 43.7. The smallest absolute Gasteiger partial charge is 0.419 e. The van der Waals surface area contributed by atoms with Gasteiger partial charge in [0.05, 0.1) is 54.0 Å². The molecule has 0 unspecified atom stereocenters. The van der Waals surface area contributed by atoms with Crippen LogP contribution in [0.15, 0.2) is 115 Å². The molecule has 2 amide bonds. The summed E-state index contributed by atoms with van der Waals surface area (Å²) in [7, 11) is 2.06. The van der Waals surface area contributed by atoms with Crippen LogP contribution in [0.25, 0.3) is 10.9 Å². The number of anilines is 2. The van der Waals surface area contributed by atoms with Crippen LogP contribution in [0.1, 0.15) is 105 Å². The Kier molecular flexibility index (Phi) is 16.5. The van der Waals surface area contributed by atoms with Crippen molar-refractivity contribution in [1.29, 1.82) is 0 Å². The van der Waals surface area contributed by atoms with E-state index >= 15 is 0 Å². The number of methoxy groups -OCH3 is 1. The number of fused-ring (bicyclic) bond motifs is 1. The number of amides is 2. The number of ether oxygens (including phenoxy) is 3. The number of likely N-dealkylation sites (N-methyl/N-ethyl adjacent to an activating group) is 1. The van der Waals surface area contributed by atoms with Crippen molar-refractivity contribution in [1.82, 2.24) is 14.4 Å². The van der Waals surface area contributed by atoms with E-state index in [1.165, 1.54) is 22.6 Å². The highest BCUT2D eigenvalue weighted by Gasteiger charge is 2.50. The lowest BCUT2D eigenvalue weighted by Crippen LogP contribution is -2.66. The van der Waals surface area contributed by atoms with Gasteiger partial charge in [-0.05, 0) is 111 Å².